The molecular weight excluding hydrogens is 341 g/mol. The van der Waals surface area contributed by atoms with Crippen molar-refractivity contribution in [1.29, 1.82) is 0 Å². The third-order valence-electron chi connectivity index (χ3n) is 2.90. The number of anilines is 1. The maximum absolute atomic E-state index is 4.67. The first-order valence-electron chi connectivity index (χ1n) is 6.10. The lowest BCUT2D eigenvalue weighted by Gasteiger charge is -2.10. The van der Waals surface area contributed by atoms with Gasteiger partial charge in [0.1, 0.15) is 5.82 Å². The first-order chi connectivity index (χ1) is 8.79. The van der Waals surface area contributed by atoms with Crippen LogP contribution in [0.25, 0.3) is 11.6 Å². The number of hydrogen-bond acceptors (Lipinski definition) is 4. The number of imidazole rings is 1. The molecule has 2 aromatic heterocycles. The standard InChI is InChI=1S/C12H14IN5/c1-2-14-10-8(13)9(7-3-4-7)17-12(18-10)11-15-5-6-16-11/h5-7H,2-4H2,1H3,(H,15,16)(H,14,17,18). The summed E-state index contributed by atoms with van der Waals surface area (Å²) in [7, 11) is 0. The Hall–Kier alpha value is -1.18. The maximum atomic E-state index is 4.67. The molecule has 1 aliphatic rings. The van der Waals surface area contributed by atoms with Gasteiger partial charge < -0.3 is 10.3 Å². The van der Waals surface area contributed by atoms with Crippen LogP contribution in [0.4, 0.5) is 5.82 Å². The van der Waals surface area contributed by atoms with E-state index in [-0.39, 0.29) is 0 Å². The molecule has 0 bridgehead atoms. The van der Waals surface area contributed by atoms with Gasteiger partial charge in [0, 0.05) is 24.9 Å². The summed E-state index contributed by atoms with van der Waals surface area (Å²) >= 11 is 2.34. The number of hydrogen-bond donors (Lipinski definition) is 2. The van der Waals surface area contributed by atoms with Gasteiger partial charge in [-0.1, -0.05) is 0 Å². The second-order valence-corrected chi connectivity index (χ2v) is 5.42. The Morgan fingerprint density at radius 3 is 2.89 bits per heavy atom. The summed E-state index contributed by atoms with van der Waals surface area (Å²) in [5.74, 6) is 2.93. The molecule has 2 aromatic rings. The molecule has 2 heterocycles. The number of aromatic amines is 1. The maximum Gasteiger partial charge on any atom is 0.197 e. The zero-order valence-corrected chi connectivity index (χ0v) is 12.2. The summed E-state index contributed by atoms with van der Waals surface area (Å²) < 4.78 is 1.15. The van der Waals surface area contributed by atoms with Gasteiger partial charge in [0.15, 0.2) is 11.6 Å². The van der Waals surface area contributed by atoms with Crippen LogP contribution in [0.1, 0.15) is 31.4 Å². The van der Waals surface area contributed by atoms with E-state index in [0.29, 0.717) is 11.7 Å². The molecule has 0 atom stereocenters. The van der Waals surface area contributed by atoms with Crippen molar-refractivity contribution in [3.05, 3.63) is 21.7 Å². The summed E-state index contributed by atoms with van der Waals surface area (Å²) in [4.78, 5) is 16.5. The quantitative estimate of drug-likeness (QED) is 0.828. The van der Waals surface area contributed by atoms with E-state index < -0.39 is 0 Å². The summed E-state index contributed by atoms with van der Waals surface area (Å²) in [6.45, 7) is 2.93. The van der Waals surface area contributed by atoms with E-state index >= 15 is 0 Å². The minimum Gasteiger partial charge on any atom is -0.369 e. The zero-order valence-electron chi connectivity index (χ0n) is 10.1. The van der Waals surface area contributed by atoms with Crippen LogP contribution in [0.3, 0.4) is 0 Å². The SMILES string of the molecule is CCNc1nc(-c2ncc[nH]2)nc(C2CC2)c1I. The summed E-state index contributed by atoms with van der Waals surface area (Å²) in [6, 6.07) is 0. The Labute approximate surface area is 119 Å². The highest BCUT2D eigenvalue weighted by atomic mass is 127. The zero-order chi connectivity index (χ0) is 12.5. The normalized spacial score (nSPS) is 14.8. The van der Waals surface area contributed by atoms with E-state index in [2.05, 4.69) is 54.8 Å². The van der Waals surface area contributed by atoms with E-state index in [0.717, 1.165) is 27.5 Å². The van der Waals surface area contributed by atoms with E-state index in [4.69, 9.17) is 0 Å². The van der Waals surface area contributed by atoms with Crippen molar-refractivity contribution >= 4 is 28.4 Å². The van der Waals surface area contributed by atoms with Crippen molar-refractivity contribution in [3.63, 3.8) is 0 Å². The molecule has 2 N–H and O–H groups in total. The average Bonchev–Trinajstić information content (AvgIpc) is 3.06. The number of halogens is 1. The van der Waals surface area contributed by atoms with Crippen LogP contribution in [0.5, 0.6) is 0 Å². The molecule has 94 valence electrons. The molecule has 0 saturated heterocycles. The van der Waals surface area contributed by atoms with Crippen LogP contribution in [-0.2, 0) is 0 Å². The van der Waals surface area contributed by atoms with Crippen LogP contribution in [0, 0.1) is 3.57 Å². The van der Waals surface area contributed by atoms with Gasteiger partial charge in [-0.3, -0.25) is 0 Å². The molecule has 1 saturated carbocycles. The largest absolute Gasteiger partial charge is 0.369 e. The van der Waals surface area contributed by atoms with Crippen LogP contribution in [0.2, 0.25) is 0 Å². The second kappa shape index (κ2) is 4.83. The Kier molecular flexibility index (Phi) is 3.19. The number of nitrogens with one attached hydrogen (secondary N) is 2. The van der Waals surface area contributed by atoms with Gasteiger partial charge in [0.05, 0.1) is 9.26 Å². The molecule has 0 amide bonds. The van der Waals surface area contributed by atoms with Crippen molar-refractivity contribution in [2.45, 2.75) is 25.7 Å². The number of rotatable bonds is 4. The predicted octanol–water partition coefficient (Wildman–Crippen LogP) is 2.78. The minimum atomic E-state index is 0.603. The van der Waals surface area contributed by atoms with Crippen molar-refractivity contribution < 1.29 is 0 Å². The summed E-state index contributed by atoms with van der Waals surface area (Å²) in [6.07, 6.45) is 5.98. The summed E-state index contributed by atoms with van der Waals surface area (Å²) in [5.41, 5.74) is 1.16. The monoisotopic (exact) mass is 355 g/mol. The molecule has 0 aromatic carbocycles. The molecule has 0 spiro atoms. The summed E-state index contributed by atoms with van der Waals surface area (Å²) in [5, 5.41) is 3.30. The molecule has 3 rings (SSSR count). The van der Waals surface area contributed by atoms with Gasteiger partial charge in [0.2, 0.25) is 0 Å². The number of aromatic nitrogens is 4. The van der Waals surface area contributed by atoms with Crippen LogP contribution in [-0.4, -0.2) is 26.5 Å². The van der Waals surface area contributed by atoms with Crippen molar-refractivity contribution in [2.24, 2.45) is 0 Å². The molecule has 0 radical (unpaired) electrons. The van der Waals surface area contributed by atoms with E-state index in [1.54, 1.807) is 12.4 Å². The van der Waals surface area contributed by atoms with Gasteiger partial charge >= 0.3 is 0 Å². The average molecular weight is 355 g/mol. The van der Waals surface area contributed by atoms with Gasteiger partial charge in [-0.25, -0.2) is 15.0 Å². The topological polar surface area (TPSA) is 66.5 Å². The highest BCUT2D eigenvalue weighted by Crippen LogP contribution is 2.42. The molecule has 0 aliphatic heterocycles. The van der Waals surface area contributed by atoms with E-state index in [1.165, 1.54) is 12.8 Å². The van der Waals surface area contributed by atoms with Crippen molar-refractivity contribution in [3.8, 4) is 11.6 Å². The molecule has 0 unspecified atom stereocenters. The predicted molar refractivity (Wildman–Crippen MR) is 78.5 cm³/mol. The highest BCUT2D eigenvalue weighted by Gasteiger charge is 2.29. The minimum absolute atomic E-state index is 0.603. The lowest BCUT2D eigenvalue weighted by molar-refractivity contribution is 0.962. The molecular formula is C12H14IN5. The van der Waals surface area contributed by atoms with Crippen LogP contribution >= 0.6 is 22.6 Å². The molecule has 6 heteroatoms. The third kappa shape index (κ3) is 2.21. The lowest BCUT2D eigenvalue weighted by atomic mass is 10.2. The fraction of sp³-hybridized carbons (Fsp3) is 0.417. The van der Waals surface area contributed by atoms with Gasteiger partial charge in [0.25, 0.3) is 0 Å². The van der Waals surface area contributed by atoms with Gasteiger partial charge in [-0.2, -0.15) is 0 Å². The fourth-order valence-corrected chi connectivity index (χ4v) is 2.74. The Bertz CT molecular complexity index is 548. The second-order valence-electron chi connectivity index (χ2n) is 4.34. The molecule has 1 fully saturated rings. The Balaban J connectivity index is 2.09. The lowest BCUT2D eigenvalue weighted by Crippen LogP contribution is -2.08. The Morgan fingerprint density at radius 2 is 2.28 bits per heavy atom. The van der Waals surface area contributed by atoms with Crippen molar-refractivity contribution in [1.82, 2.24) is 19.9 Å². The van der Waals surface area contributed by atoms with E-state index in [9.17, 15) is 0 Å². The van der Waals surface area contributed by atoms with E-state index in [1.807, 2.05) is 0 Å². The smallest absolute Gasteiger partial charge is 0.197 e. The third-order valence-corrected chi connectivity index (χ3v) is 3.96. The number of H-pyrrole nitrogens is 1. The fourth-order valence-electron chi connectivity index (χ4n) is 1.87. The first-order valence-corrected chi connectivity index (χ1v) is 7.18. The van der Waals surface area contributed by atoms with Gasteiger partial charge in [-0.15, -0.1) is 0 Å². The van der Waals surface area contributed by atoms with Crippen LogP contribution in [0.15, 0.2) is 12.4 Å². The first kappa shape index (κ1) is 11.9. The van der Waals surface area contributed by atoms with Gasteiger partial charge in [-0.05, 0) is 42.4 Å². The van der Waals surface area contributed by atoms with Crippen molar-refractivity contribution in [2.75, 3.05) is 11.9 Å². The highest BCUT2D eigenvalue weighted by molar-refractivity contribution is 14.1. The molecule has 1 aliphatic carbocycles. The number of nitrogens with zero attached hydrogens (tertiary/aromatic N) is 3. The molecule has 18 heavy (non-hydrogen) atoms. The molecule has 5 nitrogen and oxygen atoms in total. The Morgan fingerprint density at radius 1 is 1.44 bits per heavy atom. The van der Waals surface area contributed by atoms with Crippen LogP contribution < -0.4 is 5.32 Å².